The number of aromatic nitrogens is 1. The van der Waals surface area contributed by atoms with Crippen molar-refractivity contribution in [2.45, 2.75) is 4.90 Å². The van der Waals surface area contributed by atoms with Crippen LogP contribution in [0.4, 0.5) is 5.13 Å². The van der Waals surface area contributed by atoms with E-state index in [-0.39, 0.29) is 16.6 Å². The molecule has 0 fully saturated rings. The van der Waals surface area contributed by atoms with Crippen molar-refractivity contribution < 1.29 is 17.9 Å². The Morgan fingerprint density at radius 3 is 2.46 bits per heavy atom. The highest BCUT2D eigenvalue weighted by molar-refractivity contribution is 7.93. The van der Waals surface area contributed by atoms with Crippen LogP contribution in [-0.2, 0) is 14.8 Å². The molecule has 0 radical (unpaired) electrons. The van der Waals surface area contributed by atoms with E-state index in [1.54, 1.807) is 5.38 Å². The van der Waals surface area contributed by atoms with Crippen LogP contribution >= 0.6 is 11.3 Å². The van der Waals surface area contributed by atoms with Crippen molar-refractivity contribution in [2.24, 2.45) is 5.73 Å². The molecule has 0 atom stereocenters. The van der Waals surface area contributed by atoms with Gasteiger partial charge in [-0.15, -0.1) is 11.3 Å². The number of carbonyl (C=O) groups excluding carboxylic acids is 1. The number of nitrogens with two attached hydrogens (primary N) is 1. The Labute approximate surface area is 154 Å². The molecule has 0 aliphatic rings. The molecule has 0 aliphatic carbocycles. The van der Waals surface area contributed by atoms with Crippen molar-refractivity contribution in [3.8, 4) is 17.0 Å². The molecular formula is C17H15N3O4S2. The van der Waals surface area contributed by atoms with Crippen LogP contribution in [0, 0.1) is 0 Å². The lowest BCUT2D eigenvalue weighted by atomic mass is 10.2. The van der Waals surface area contributed by atoms with E-state index in [0.717, 1.165) is 5.56 Å². The van der Waals surface area contributed by atoms with Crippen molar-refractivity contribution in [1.29, 1.82) is 0 Å². The number of hydrogen-bond donors (Lipinski definition) is 2. The van der Waals surface area contributed by atoms with Crippen LogP contribution in [0.1, 0.15) is 0 Å². The summed E-state index contributed by atoms with van der Waals surface area (Å²) in [7, 11) is -3.78. The summed E-state index contributed by atoms with van der Waals surface area (Å²) in [5, 5.41) is 2.06. The summed E-state index contributed by atoms with van der Waals surface area (Å²) in [5.41, 5.74) is 6.60. The first-order valence-corrected chi connectivity index (χ1v) is 9.85. The van der Waals surface area contributed by atoms with Crippen LogP contribution in [0.3, 0.4) is 0 Å². The molecule has 0 saturated carbocycles. The maximum atomic E-state index is 12.5. The van der Waals surface area contributed by atoms with Gasteiger partial charge in [0.15, 0.2) is 11.7 Å². The zero-order chi connectivity index (χ0) is 18.6. The maximum absolute atomic E-state index is 12.5. The third kappa shape index (κ3) is 4.38. The molecule has 7 nitrogen and oxygen atoms in total. The number of sulfonamides is 1. The average Bonchev–Trinajstić information content (AvgIpc) is 3.09. The highest BCUT2D eigenvalue weighted by atomic mass is 32.2. The molecule has 1 aromatic heterocycles. The summed E-state index contributed by atoms with van der Waals surface area (Å²) in [4.78, 5) is 15.1. The largest absolute Gasteiger partial charge is 0.484 e. The van der Waals surface area contributed by atoms with Gasteiger partial charge in [-0.3, -0.25) is 9.52 Å². The van der Waals surface area contributed by atoms with Gasteiger partial charge in [0.05, 0.1) is 10.6 Å². The number of nitrogens with one attached hydrogen (secondary N) is 1. The zero-order valence-electron chi connectivity index (χ0n) is 13.5. The number of hydrogen-bond acceptors (Lipinski definition) is 6. The number of ether oxygens (including phenoxy) is 1. The van der Waals surface area contributed by atoms with Crippen molar-refractivity contribution in [3.05, 3.63) is 60.0 Å². The second-order valence-electron chi connectivity index (χ2n) is 5.24. The lowest BCUT2D eigenvalue weighted by Gasteiger charge is -2.07. The van der Waals surface area contributed by atoms with Gasteiger partial charge in [-0.05, 0) is 24.3 Å². The molecule has 3 N–H and O–H groups in total. The van der Waals surface area contributed by atoms with Crippen molar-refractivity contribution in [1.82, 2.24) is 4.98 Å². The molecular weight excluding hydrogens is 374 g/mol. The number of thiazole rings is 1. The molecule has 0 aliphatic heterocycles. The number of anilines is 1. The quantitative estimate of drug-likeness (QED) is 0.645. The minimum atomic E-state index is -3.78. The summed E-state index contributed by atoms with van der Waals surface area (Å²) in [6, 6.07) is 15.1. The van der Waals surface area contributed by atoms with Crippen LogP contribution < -0.4 is 15.2 Å². The summed E-state index contributed by atoms with van der Waals surface area (Å²) in [6.07, 6.45) is 0. The fourth-order valence-corrected chi connectivity index (χ4v) is 4.08. The SMILES string of the molecule is NC(=O)COc1ccc(S(=O)(=O)Nc2nc(-c3ccccc3)cs2)cc1. The van der Waals surface area contributed by atoms with E-state index in [4.69, 9.17) is 10.5 Å². The predicted octanol–water partition coefficient (Wildman–Crippen LogP) is 2.48. The Hall–Kier alpha value is -2.91. The van der Waals surface area contributed by atoms with E-state index >= 15 is 0 Å². The Bertz CT molecular complexity index is 1000. The first-order chi connectivity index (χ1) is 12.4. The van der Waals surface area contributed by atoms with Crippen LogP contribution in [0.15, 0.2) is 64.9 Å². The Kier molecular flexibility index (Phi) is 5.19. The number of amides is 1. The normalized spacial score (nSPS) is 11.1. The van der Waals surface area contributed by atoms with Crippen molar-refractivity contribution in [2.75, 3.05) is 11.3 Å². The van der Waals surface area contributed by atoms with Gasteiger partial charge in [0, 0.05) is 10.9 Å². The lowest BCUT2D eigenvalue weighted by molar-refractivity contribution is -0.119. The van der Waals surface area contributed by atoms with Crippen LogP contribution in [0.25, 0.3) is 11.3 Å². The van der Waals surface area contributed by atoms with Gasteiger partial charge in [-0.2, -0.15) is 0 Å². The van der Waals surface area contributed by atoms with Crippen molar-refractivity contribution in [3.63, 3.8) is 0 Å². The third-order valence-electron chi connectivity index (χ3n) is 3.31. The number of rotatable bonds is 7. The minimum absolute atomic E-state index is 0.0559. The smallest absolute Gasteiger partial charge is 0.263 e. The molecule has 0 spiro atoms. The molecule has 3 aromatic rings. The van der Waals surface area contributed by atoms with E-state index in [1.807, 2.05) is 30.3 Å². The molecule has 134 valence electrons. The molecule has 3 rings (SSSR count). The van der Waals surface area contributed by atoms with Crippen LogP contribution in [-0.4, -0.2) is 25.9 Å². The van der Waals surface area contributed by atoms with E-state index in [1.165, 1.54) is 35.6 Å². The monoisotopic (exact) mass is 389 g/mol. The van der Waals surface area contributed by atoms with Gasteiger partial charge in [-0.1, -0.05) is 30.3 Å². The highest BCUT2D eigenvalue weighted by Crippen LogP contribution is 2.26. The summed E-state index contributed by atoms with van der Waals surface area (Å²) in [6.45, 7) is -0.272. The average molecular weight is 389 g/mol. The number of primary amides is 1. The second-order valence-corrected chi connectivity index (χ2v) is 7.78. The van der Waals surface area contributed by atoms with Crippen molar-refractivity contribution >= 4 is 32.4 Å². The zero-order valence-corrected chi connectivity index (χ0v) is 15.1. The second kappa shape index (κ2) is 7.54. The molecule has 2 aromatic carbocycles. The molecule has 0 saturated heterocycles. The first-order valence-electron chi connectivity index (χ1n) is 7.49. The van der Waals surface area contributed by atoms with E-state index in [9.17, 15) is 13.2 Å². The van der Waals surface area contributed by atoms with Gasteiger partial charge >= 0.3 is 0 Å². The lowest BCUT2D eigenvalue weighted by Crippen LogP contribution is -2.20. The topological polar surface area (TPSA) is 111 Å². The van der Waals surface area contributed by atoms with E-state index < -0.39 is 15.9 Å². The summed E-state index contributed by atoms with van der Waals surface area (Å²) in [5.74, 6) is -0.260. The Morgan fingerprint density at radius 2 is 1.81 bits per heavy atom. The summed E-state index contributed by atoms with van der Waals surface area (Å²) >= 11 is 1.20. The number of carbonyl (C=O) groups is 1. The van der Waals surface area contributed by atoms with Gasteiger partial charge in [0.1, 0.15) is 5.75 Å². The molecule has 1 amide bonds. The molecule has 0 unspecified atom stereocenters. The third-order valence-corrected chi connectivity index (χ3v) is 5.55. The van der Waals surface area contributed by atoms with Gasteiger partial charge in [0.25, 0.3) is 15.9 Å². The van der Waals surface area contributed by atoms with E-state index in [2.05, 4.69) is 9.71 Å². The standard InChI is InChI=1S/C17H15N3O4S2/c18-16(21)10-24-13-6-8-14(9-7-13)26(22,23)20-17-19-15(11-25-17)12-4-2-1-3-5-12/h1-9,11H,10H2,(H2,18,21)(H,19,20). The number of nitrogens with zero attached hydrogens (tertiary/aromatic N) is 1. The van der Waals surface area contributed by atoms with E-state index in [0.29, 0.717) is 11.4 Å². The van der Waals surface area contributed by atoms with Crippen LogP contribution in [0.5, 0.6) is 5.75 Å². The fraction of sp³-hybridized carbons (Fsp3) is 0.0588. The van der Waals surface area contributed by atoms with Gasteiger partial charge in [-0.25, -0.2) is 13.4 Å². The molecule has 0 bridgehead atoms. The summed E-state index contributed by atoms with van der Waals surface area (Å²) < 4.78 is 32.5. The number of benzene rings is 2. The minimum Gasteiger partial charge on any atom is -0.484 e. The Balaban J connectivity index is 1.73. The maximum Gasteiger partial charge on any atom is 0.263 e. The molecule has 26 heavy (non-hydrogen) atoms. The molecule has 1 heterocycles. The Morgan fingerprint density at radius 1 is 1.12 bits per heavy atom. The molecule has 9 heteroatoms. The van der Waals surface area contributed by atoms with Gasteiger partial charge < -0.3 is 10.5 Å². The first kappa shape index (κ1) is 17.9. The predicted molar refractivity (Wildman–Crippen MR) is 99.5 cm³/mol. The van der Waals surface area contributed by atoms with Gasteiger partial charge in [0.2, 0.25) is 0 Å². The highest BCUT2D eigenvalue weighted by Gasteiger charge is 2.16. The van der Waals surface area contributed by atoms with Crippen LogP contribution in [0.2, 0.25) is 0 Å². The fourth-order valence-electron chi connectivity index (χ4n) is 2.11.